The summed E-state index contributed by atoms with van der Waals surface area (Å²) in [5.74, 6) is -4.21. The Morgan fingerprint density at radius 1 is 1.12 bits per heavy atom. The number of allylic oxidation sites excluding steroid dienone is 1. The highest BCUT2D eigenvalue weighted by Gasteiger charge is 2.64. The lowest BCUT2D eigenvalue weighted by atomic mass is 9.85. The van der Waals surface area contributed by atoms with Crippen LogP contribution < -0.4 is 14.8 Å². The summed E-state index contributed by atoms with van der Waals surface area (Å²) in [7, 11) is -4.12. The molecule has 1 saturated heterocycles. The molecule has 2 aromatic heterocycles. The van der Waals surface area contributed by atoms with E-state index in [4.69, 9.17) is 4.74 Å². The van der Waals surface area contributed by atoms with Crippen molar-refractivity contribution in [2.75, 3.05) is 6.54 Å². The van der Waals surface area contributed by atoms with Crippen molar-refractivity contribution in [2.24, 2.45) is 17.8 Å². The molecule has 3 N–H and O–H groups in total. The van der Waals surface area contributed by atoms with E-state index in [-0.39, 0.29) is 42.5 Å². The Morgan fingerprint density at radius 3 is 2.50 bits per heavy atom. The highest BCUT2D eigenvalue weighted by Crippen LogP contribution is 2.48. The number of rotatable bonds is 7. The van der Waals surface area contributed by atoms with Crippen LogP contribution >= 0.6 is 0 Å². The number of halogens is 3. The number of nitrogens with zero attached hydrogens (tertiary/aromatic N) is 5. The van der Waals surface area contributed by atoms with Gasteiger partial charge in [-0.25, -0.2) is 18.2 Å². The van der Waals surface area contributed by atoms with Gasteiger partial charge in [0.25, 0.3) is 5.91 Å². The molecule has 0 spiro atoms. The molecule has 0 unspecified atom stereocenters. The SMILES string of the molecule is C[C@@H]1CCC=C[C@@H]2C[C@@]2(C(=O)NS(=O)(=O)C2(C)CC2)NC(=O)[C@@H]2C[C@@H](Oc3nc4nccn4c4ccccc34)CN2C(=O)[C@@H](N(C(=O)O)C(C)(C)C(F)(F)F)[C@H](C)C1. The zero-order valence-electron chi connectivity index (χ0n) is 32.8. The lowest BCUT2D eigenvalue weighted by Crippen LogP contribution is -2.66. The van der Waals surface area contributed by atoms with Gasteiger partial charge in [-0.2, -0.15) is 18.2 Å². The van der Waals surface area contributed by atoms with Crippen molar-refractivity contribution in [2.45, 2.75) is 120 Å². The molecule has 4 amide bonds. The van der Waals surface area contributed by atoms with Crippen molar-refractivity contribution in [3.8, 4) is 5.88 Å². The summed E-state index contributed by atoms with van der Waals surface area (Å²) in [5, 5.41) is 13.8. The van der Waals surface area contributed by atoms with Gasteiger partial charge >= 0.3 is 12.3 Å². The smallest absolute Gasteiger partial charge is 0.411 e. The number of para-hydroxylation sites is 1. The van der Waals surface area contributed by atoms with Gasteiger partial charge in [0.15, 0.2) is 0 Å². The molecule has 314 valence electrons. The van der Waals surface area contributed by atoms with Gasteiger partial charge in [-0.3, -0.25) is 28.4 Å². The van der Waals surface area contributed by atoms with Crippen LogP contribution in [0, 0.1) is 17.8 Å². The van der Waals surface area contributed by atoms with Crippen molar-refractivity contribution < 1.29 is 50.6 Å². The molecular formula is C39H48F3N7O8S. The molecule has 3 aromatic rings. The predicted molar refractivity (Wildman–Crippen MR) is 204 cm³/mol. The molecule has 7 rings (SSSR count). The van der Waals surface area contributed by atoms with Crippen LogP contribution in [0.2, 0.25) is 0 Å². The van der Waals surface area contributed by atoms with Gasteiger partial charge in [0.2, 0.25) is 33.5 Å². The van der Waals surface area contributed by atoms with Crippen LogP contribution in [0.25, 0.3) is 16.7 Å². The third-order valence-corrected chi connectivity index (χ3v) is 14.6. The monoisotopic (exact) mass is 831 g/mol. The standard InChI is InChI=1S/C39H48F3N7O8S/c1-22-10-6-7-11-24-20-38(24,33(52)46-58(55,56)37(5)14-15-37)45-30(50)28-19-25(57-31-26-12-8-9-13-27(26)47-17-16-43-34(47)44-31)21-48(28)32(51)29(23(2)18-22)49(35(53)54)36(3,4)39(40,41)42/h7-9,11-13,16-17,22-25,28-29H,6,10,14-15,18-21H2,1-5H3,(H,45,50)(H,46,52)(H,53,54)/t22-,23-,24-,25-,28+,29+,38-/m1/s1. The fourth-order valence-corrected chi connectivity index (χ4v) is 9.73. The molecule has 1 aromatic carbocycles. The minimum atomic E-state index is -5.09. The number of carbonyl (C=O) groups is 4. The molecule has 2 saturated carbocycles. The van der Waals surface area contributed by atoms with Crippen molar-refractivity contribution in [1.29, 1.82) is 0 Å². The van der Waals surface area contributed by atoms with Gasteiger partial charge in [-0.05, 0) is 83.3 Å². The van der Waals surface area contributed by atoms with Crippen molar-refractivity contribution in [3.05, 3.63) is 48.8 Å². The van der Waals surface area contributed by atoms with Gasteiger partial charge in [0.05, 0.1) is 22.2 Å². The number of nitrogens with one attached hydrogen (secondary N) is 2. The number of imidazole rings is 1. The Balaban J connectivity index is 1.30. The number of amides is 4. The number of carbonyl (C=O) groups excluding carboxylic acids is 3. The summed E-state index contributed by atoms with van der Waals surface area (Å²) in [6, 6.07) is 3.77. The molecule has 4 aliphatic rings. The van der Waals surface area contributed by atoms with Gasteiger partial charge in [-0.1, -0.05) is 38.1 Å². The minimum Gasteiger partial charge on any atom is -0.472 e. The maximum Gasteiger partial charge on any atom is 0.411 e. The van der Waals surface area contributed by atoms with Gasteiger partial charge in [0.1, 0.15) is 29.3 Å². The quantitative estimate of drug-likeness (QED) is 0.279. The molecule has 7 atom stereocenters. The highest BCUT2D eigenvalue weighted by molar-refractivity contribution is 7.91. The number of hydrogen-bond donors (Lipinski definition) is 3. The van der Waals surface area contributed by atoms with Crippen LogP contribution in [-0.2, 0) is 24.4 Å². The van der Waals surface area contributed by atoms with E-state index in [0.29, 0.717) is 56.2 Å². The second-order valence-corrected chi connectivity index (χ2v) is 19.3. The van der Waals surface area contributed by atoms with Gasteiger partial charge < -0.3 is 20.1 Å². The average Bonchev–Trinajstić information content (AvgIpc) is 3.92. The zero-order valence-corrected chi connectivity index (χ0v) is 33.6. The van der Waals surface area contributed by atoms with Gasteiger partial charge in [-0.15, -0.1) is 0 Å². The fourth-order valence-electron chi connectivity index (χ4n) is 8.41. The summed E-state index contributed by atoms with van der Waals surface area (Å²) >= 11 is 0. The molecule has 0 radical (unpaired) electrons. The van der Waals surface area contributed by atoms with Crippen molar-refractivity contribution in [3.63, 3.8) is 0 Å². The maximum atomic E-state index is 15.0. The van der Waals surface area contributed by atoms with E-state index in [1.807, 2.05) is 25.1 Å². The first kappa shape index (κ1) is 41.2. The number of carboxylic acid groups (broad SMARTS) is 1. The van der Waals surface area contributed by atoms with E-state index in [0.717, 1.165) is 4.90 Å². The summed E-state index contributed by atoms with van der Waals surface area (Å²) in [6.45, 7) is 5.92. The van der Waals surface area contributed by atoms with E-state index in [1.54, 1.807) is 35.0 Å². The normalized spacial score (nSPS) is 29.1. The summed E-state index contributed by atoms with van der Waals surface area (Å²) < 4.78 is 79.7. The molecule has 2 aliphatic heterocycles. The third kappa shape index (κ3) is 7.23. The van der Waals surface area contributed by atoms with Crippen LogP contribution in [0.15, 0.2) is 48.8 Å². The molecule has 4 heterocycles. The first-order valence-electron chi connectivity index (χ1n) is 19.4. The molecule has 58 heavy (non-hydrogen) atoms. The van der Waals surface area contributed by atoms with E-state index in [2.05, 4.69) is 20.0 Å². The number of benzene rings is 1. The molecule has 3 fully saturated rings. The molecule has 0 bridgehead atoms. The largest absolute Gasteiger partial charge is 0.472 e. The molecule has 15 nitrogen and oxygen atoms in total. The lowest BCUT2D eigenvalue weighted by molar-refractivity contribution is -0.222. The number of ether oxygens (including phenoxy) is 1. The Bertz CT molecular complexity index is 2290. The van der Waals surface area contributed by atoms with Crippen molar-refractivity contribution in [1.82, 2.24) is 34.2 Å². The van der Waals surface area contributed by atoms with Crippen LogP contribution in [-0.4, -0.2) is 108 Å². The van der Waals surface area contributed by atoms with Crippen LogP contribution in [0.1, 0.15) is 79.6 Å². The molecule has 19 heteroatoms. The Labute approximate surface area is 333 Å². The van der Waals surface area contributed by atoms with Crippen LogP contribution in [0.3, 0.4) is 0 Å². The number of sulfonamides is 1. The minimum absolute atomic E-state index is 0.0515. The molecule has 2 aliphatic carbocycles. The Hall–Kier alpha value is -4.94. The molecular weight excluding hydrogens is 784 g/mol. The number of fused-ring (bicyclic) bond motifs is 5. The van der Waals surface area contributed by atoms with E-state index < -0.39 is 85.9 Å². The van der Waals surface area contributed by atoms with E-state index in [9.17, 15) is 41.1 Å². The van der Waals surface area contributed by atoms with E-state index in [1.165, 1.54) is 13.8 Å². The first-order chi connectivity index (χ1) is 27.1. The Kier molecular flexibility index (Phi) is 10.2. The van der Waals surface area contributed by atoms with Crippen LogP contribution in [0.4, 0.5) is 18.0 Å². The summed E-state index contributed by atoms with van der Waals surface area (Å²) in [4.78, 5) is 66.5. The maximum absolute atomic E-state index is 15.0. The Morgan fingerprint density at radius 2 is 1.83 bits per heavy atom. The second-order valence-electron chi connectivity index (χ2n) is 17.1. The summed E-state index contributed by atoms with van der Waals surface area (Å²) in [6.07, 6.45) is 0.420. The first-order valence-corrected chi connectivity index (χ1v) is 20.9. The fraction of sp³-hybridized carbons (Fsp3) is 0.590. The predicted octanol–water partition coefficient (Wildman–Crippen LogP) is 4.81. The summed E-state index contributed by atoms with van der Waals surface area (Å²) in [5.41, 5.74) is -4.06. The highest BCUT2D eigenvalue weighted by atomic mass is 32.2. The zero-order chi connectivity index (χ0) is 42.2. The average molecular weight is 832 g/mol. The number of aromatic nitrogens is 3. The topological polar surface area (TPSA) is 193 Å². The number of hydrogen-bond acceptors (Lipinski definition) is 9. The van der Waals surface area contributed by atoms with Gasteiger partial charge in [0, 0.05) is 24.7 Å². The van der Waals surface area contributed by atoms with Crippen LogP contribution in [0.5, 0.6) is 5.88 Å². The third-order valence-electron chi connectivity index (χ3n) is 12.5. The van der Waals surface area contributed by atoms with Crippen molar-refractivity contribution >= 4 is 50.5 Å². The van der Waals surface area contributed by atoms with E-state index >= 15 is 4.79 Å². The number of alkyl halides is 3. The lowest BCUT2D eigenvalue weighted by Gasteiger charge is -2.45. The second kappa shape index (κ2) is 14.4.